The Kier molecular flexibility index (Phi) is 7.50. The van der Waals surface area contributed by atoms with E-state index in [2.05, 4.69) is 5.32 Å². The SMILES string of the molecule is CCCOc1ccc(C(=O)Nc2cc(Cl)ccc2N2CCN(C(=O)C(F)(F)F)CC2)cc1. The Balaban J connectivity index is 1.70. The van der Waals surface area contributed by atoms with Crippen LogP contribution in [0.25, 0.3) is 0 Å². The Bertz CT molecular complexity index is 959. The minimum absolute atomic E-state index is 0.0758. The molecule has 10 heteroatoms. The van der Waals surface area contributed by atoms with Crippen molar-refractivity contribution >= 4 is 34.8 Å². The number of alkyl halides is 3. The van der Waals surface area contributed by atoms with Gasteiger partial charge in [-0.05, 0) is 48.9 Å². The molecular weight excluding hydrogens is 447 g/mol. The molecule has 32 heavy (non-hydrogen) atoms. The van der Waals surface area contributed by atoms with Crippen LogP contribution in [0, 0.1) is 0 Å². The van der Waals surface area contributed by atoms with Gasteiger partial charge in [0.25, 0.3) is 5.91 Å². The van der Waals surface area contributed by atoms with E-state index in [0.717, 1.165) is 11.3 Å². The third kappa shape index (κ3) is 5.85. The third-order valence-corrected chi connectivity index (χ3v) is 5.18. The summed E-state index contributed by atoms with van der Waals surface area (Å²) in [5.74, 6) is -1.53. The number of ether oxygens (including phenoxy) is 1. The maximum atomic E-state index is 12.7. The van der Waals surface area contributed by atoms with Crippen molar-refractivity contribution in [2.75, 3.05) is 43.0 Å². The molecule has 0 aliphatic carbocycles. The number of piperazine rings is 1. The van der Waals surface area contributed by atoms with Crippen molar-refractivity contribution in [2.45, 2.75) is 19.5 Å². The summed E-state index contributed by atoms with van der Waals surface area (Å²) in [6.45, 7) is 2.81. The zero-order valence-electron chi connectivity index (χ0n) is 17.4. The van der Waals surface area contributed by atoms with Gasteiger partial charge in [-0.2, -0.15) is 13.2 Å². The van der Waals surface area contributed by atoms with Gasteiger partial charge in [-0.15, -0.1) is 0 Å². The van der Waals surface area contributed by atoms with Crippen LogP contribution in [-0.2, 0) is 4.79 Å². The minimum Gasteiger partial charge on any atom is -0.494 e. The fourth-order valence-electron chi connectivity index (χ4n) is 3.33. The summed E-state index contributed by atoms with van der Waals surface area (Å²) in [6.07, 6.45) is -4.02. The zero-order chi connectivity index (χ0) is 23.3. The van der Waals surface area contributed by atoms with Crippen LogP contribution in [0.2, 0.25) is 5.02 Å². The van der Waals surface area contributed by atoms with E-state index in [-0.39, 0.29) is 32.1 Å². The van der Waals surface area contributed by atoms with Gasteiger partial charge in [-0.3, -0.25) is 9.59 Å². The number of hydrogen-bond acceptors (Lipinski definition) is 4. The molecule has 2 aromatic rings. The molecule has 1 saturated heterocycles. The molecule has 2 aromatic carbocycles. The number of anilines is 2. The van der Waals surface area contributed by atoms with Crippen LogP contribution in [-0.4, -0.2) is 55.7 Å². The first-order valence-electron chi connectivity index (χ1n) is 10.1. The maximum absolute atomic E-state index is 12.7. The molecule has 1 aliphatic heterocycles. The molecule has 0 spiro atoms. The van der Waals surface area contributed by atoms with Crippen molar-refractivity contribution in [2.24, 2.45) is 0 Å². The van der Waals surface area contributed by atoms with Crippen LogP contribution in [0.4, 0.5) is 24.5 Å². The normalized spacial score (nSPS) is 14.3. The topological polar surface area (TPSA) is 61.9 Å². The molecule has 2 amide bonds. The van der Waals surface area contributed by atoms with E-state index in [0.29, 0.717) is 34.3 Å². The molecule has 6 nitrogen and oxygen atoms in total. The summed E-state index contributed by atoms with van der Waals surface area (Å²) in [5, 5.41) is 3.22. The first-order chi connectivity index (χ1) is 15.2. The molecule has 172 valence electrons. The molecule has 0 bridgehead atoms. The summed E-state index contributed by atoms with van der Waals surface area (Å²) in [6, 6.07) is 11.6. The molecule has 0 radical (unpaired) electrons. The second-order valence-corrected chi connectivity index (χ2v) is 7.70. The van der Waals surface area contributed by atoms with E-state index >= 15 is 0 Å². The van der Waals surface area contributed by atoms with Gasteiger partial charge < -0.3 is 19.9 Å². The molecule has 1 heterocycles. The molecule has 0 atom stereocenters. The van der Waals surface area contributed by atoms with Gasteiger partial charge >= 0.3 is 12.1 Å². The average Bonchev–Trinajstić information content (AvgIpc) is 2.77. The molecule has 0 aromatic heterocycles. The summed E-state index contributed by atoms with van der Waals surface area (Å²) >= 11 is 6.11. The van der Waals surface area contributed by atoms with E-state index in [4.69, 9.17) is 16.3 Å². The molecule has 1 N–H and O–H groups in total. The Morgan fingerprint density at radius 2 is 1.72 bits per heavy atom. The van der Waals surface area contributed by atoms with Crippen LogP contribution in [0.3, 0.4) is 0 Å². The van der Waals surface area contributed by atoms with Crippen molar-refractivity contribution < 1.29 is 27.5 Å². The quantitative estimate of drug-likeness (QED) is 0.672. The van der Waals surface area contributed by atoms with Crippen LogP contribution >= 0.6 is 11.6 Å². The van der Waals surface area contributed by atoms with E-state index in [1.54, 1.807) is 42.5 Å². The highest BCUT2D eigenvalue weighted by Gasteiger charge is 2.43. The smallest absolute Gasteiger partial charge is 0.471 e. The van der Waals surface area contributed by atoms with E-state index in [1.807, 2.05) is 11.8 Å². The number of nitrogens with zero attached hydrogens (tertiary/aromatic N) is 2. The molecule has 0 saturated carbocycles. The first-order valence-corrected chi connectivity index (χ1v) is 10.5. The summed E-state index contributed by atoms with van der Waals surface area (Å²) in [5.41, 5.74) is 1.47. The van der Waals surface area contributed by atoms with Crippen LogP contribution < -0.4 is 15.0 Å². The highest BCUT2D eigenvalue weighted by molar-refractivity contribution is 6.31. The van der Waals surface area contributed by atoms with Crippen molar-refractivity contribution in [3.63, 3.8) is 0 Å². The van der Waals surface area contributed by atoms with Crippen LogP contribution in [0.5, 0.6) is 5.75 Å². The third-order valence-electron chi connectivity index (χ3n) is 4.95. The average molecular weight is 470 g/mol. The van der Waals surface area contributed by atoms with Crippen molar-refractivity contribution in [3.05, 3.63) is 53.1 Å². The number of carbonyl (C=O) groups is 2. The number of rotatable bonds is 6. The predicted octanol–water partition coefficient (Wildman–Crippen LogP) is 4.59. The lowest BCUT2D eigenvalue weighted by Crippen LogP contribution is -2.52. The van der Waals surface area contributed by atoms with E-state index in [9.17, 15) is 22.8 Å². The van der Waals surface area contributed by atoms with Crippen molar-refractivity contribution in [1.82, 2.24) is 4.90 Å². The molecule has 0 unspecified atom stereocenters. The number of benzene rings is 2. The Morgan fingerprint density at radius 1 is 1.06 bits per heavy atom. The molecule has 3 rings (SSSR count). The second-order valence-electron chi connectivity index (χ2n) is 7.27. The summed E-state index contributed by atoms with van der Waals surface area (Å²) < 4.78 is 43.5. The number of hydrogen-bond donors (Lipinski definition) is 1. The Morgan fingerprint density at radius 3 is 2.31 bits per heavy atom. The van der Waals surface area contributed by atoms with Gasteiger partial charge in [0.05, 0.1) is 18.0 Å². The van der Waals surface area contributed by atoms with Gasteiger partial charge in [0.1, 0.15) is 5.75 Å². The standard InChI is InChI=1S/C22H23ClF3N3O3/c1-2-13-32-17-6-3-15(4-7-17)20(30)27-18-14-16(23)5-8-19(18)28-9-11-29(12-10-28)21(31)22(24,25)26/h3-8,14H,2,9-13H2,1H3,(H,27,30). The Hall–Kier alpha value is -2.94. The second kappa shape index (κ2) is 10.1. The number of halogens is 4. The lowest BCUT2D eigenvalue weighted by Gasteiger charge is -2.37. The van der Waals surface area contributed by atoms with Gasteiger partial charge in [0, 0.05) is 36.8 Å². The fraction of sp³-hybridized carbons (Fsp3) is 0.364. The highest BCUT2D eigenvalue weighted by Crippen LogP contribution is 2.31. The number of amides is 2. The van der Waals surface area contributed by atoms with Gasteiger partial charge in [-0.25, -0.2) is 0 Å². The van der Waals surface area contributed by atoms with E-state index < -0.39 is 12.1 Å². The van der Waals surface area contributed by atoms with Gasteiger partial charge in [0.15, 0.2) is 0 Å². The fourth-order valence-corrected chi connectivity index (χ4v) is 3.50. The summed E-state index contributed by atoms with van der Waals surface area (Å²) in [4.78, 5) is 26.8. The van der Waals surface area contributed by atoms with Crippen LogP contribution in [0.1, 0.15) is 23.7 Å². The maximum Gasteiger partial charge on any atom is 0.471 e. The minimum atomic E-state index is -4.89. The van der Waals surface area contributed by atoms with Crippen molar-refractivity contribution in [3.8, 4) is 5.75 Å². The highest BCUT2D eigenvalue weighted by atomic mass is 35.5. The van der Waals surface area contributed by atoms with Crippen LogP contribution in [0.15, 0.2) is 42.5 Å². The number of nitrogens with one attached hydrogen (secondary N) is 1. The van der Waals surface area contributed by atoms with E-state index in [1.165, 1.54) is 0 Å². The zero-order valence-corrected chi connectivity index (χ0v) is 18.2. The monoisotopic (exact) mass is 469 g/mol. The molecule has 1 fully saturated rings. The molecular formula is C22H23ClF3N3O3. The Labute approximate surface area is 188 Å². The molecule has 1 aliphatic rings. The lowest BCUT2D eigenvalue weighted by atomic mass is 10.1. The lowest BCUT2D eigenvalue weighted by molar-refractivity contribution is -0.185. The first kappa shape index (κ1) is 23.7. The number of carbonyl (C=O) groups excluding carboxylic acids is 2. The summed E-state index contributed by atoms with van der Waals surface area (Å²) in [7, 11) is 0. The van der Waals surface area contributed by atoms with Gasteiger partial charge in [0.2, 0.25) is 0 Å². The van der Waals surface area contributed by atoms with Gasteiger partial charge in [-0.1, -0.05) is 18.5 Å². The largest absolute Gasteiger partial charge is 0.494 e. The predicted molar refractivity (Wildman–Crippen MR) is 116 cm³/mol. The van der Waals surface area contributed by atoms with Crippen molar-refractivity contribution in [1.29, 1.82) is 0 Å².